The van der Waals surface area contributed by atoms with Crippen LogP contribution in [0.5, 0.6) is 0 Å². The summed E-state index contributed by atoms with van der Waals surface area (Å²) in [6, 6.07) is -1.03. The highest BCUT2D eigenvalue weighted by Crippen LogP contribution is 2.21. The van der Waals surface area contributed by atoms with Gasteiger partial charge in [-0.15, -0.1) is 0 Å². The molecule has 0 aliphatic heterocycles. The first kappa shape index (κ1) is 24.7. The third-order valence-electron chi connectivity index (χ3n) is 5.20. The van der Waals surface area contributed by atoms with Crippen LogP contribution in [0.2, 0.25) is 0 Å². The second-order valence-corrected chi connectivity index (χ2v) is 8.19. The molecule has 2 aliphatic rings. The van der Waals surface area contributed by atoms with Gasteiger partial charge >= 0.3 is 6.61 Å². The fraction of sp³-hybridized carbons (Fsp3) is 0.435. The van der Waals surface area contributed by atoms with Gasteiger partial charge in [0.1, 0.15) is 24.1 Å². The molecule has 33 heavy (non-hydrogen) atoms. The lowest BCUT2D eigenvalue weighted by Gasteiger charge is -2.26. The van der Waals surface area contributed by atoms with Gasteiger partial charge in [-0.05, 0) is 51.2 Å². The van der Waals surface area contributed by atoms with E-state index in [4.69, 9.17) is 4.74 Å². The number of likely N-dealkylation sites (N-methyl/N-ethyl adjacent to an activating group) is 1. The lowest BCUT2D eigenvalue weighted by atomic mass is 10.0. The maximum atomic E-state index is 13.6. The number of hydrogen-bond donors (Lipinski definition) is 2. The fourth-order valence-electron chi connectivity index (χ4n) is 3.56. The van der Waals surface area contributed by atoms with Gasteiger partial charge in [0, 0.05) is 18.2 Å². The van der Waals surface area contributed by atoms with Crippen molar-refractivity contribution in [3.63, 3.8) is 0 Å². The van der Waals surface area contributed by atoms with E-state index in [1.165, 1.54) is 18.5 Å². The quantitative estimate of drug-likeness (QED) is 0.542. The summed E-state index contributed by atoms with van der Waals surface area (Å²) in [4.78, 5) is 22.8. The first-order valence-electron chi connectivity index (χ1n) is 10.6. The zero-order chi connectivity index (χ0) is 24.0. The second-order valence-electron chi connectivity index (χ2n) is 8.19. The Morgan fingerprint density at radius 2 is 2.09 bits per heavy atom. The van der Waals surface area contributed by atoms with Crippen LogP contribution in [0.25, 0.3) is 12.2 Å². The summed E-state index contributed by atoms with van der Waals surface area (Å²) in [5, 5.41) is 6.94. The van der Waals surface area contributed by atoms with Crippen LogP contribution in [0.1, 0.15) is 19.8 Å². The molecule has 3 rings (SSSR count). The van der Waals surface area contributed by atoms with Crippen LogP contribution in [0, 0.1) is 0 Å². The Bertz CT molecular complexity index is 1070. The van der Waals surface area contributed by atoms with Crippen molar-refractivity contribution in [2.45, 2.75) is 44.6 Å². The van der Waals surface area contributed by atoms with Crippen LogP contribution in [-0.2, 0) is 9.53 Å². The predicted molar refractivity (Wildman–Crippen MR) is 120 cm³/mol. The minimum absolute atomic E-state index is 0.104. The first-order valence-corrected chi connectivity index (χ1v) is 10.6. The maximum absolute atomic E-state index is 13.6. The maximum Gasteiger partial charge on any atom is 0.345 e. The third-order valence-corrected chi connectivity index (χ3v) is 5.20. The van der Waals surface area contributed by atoms with Crippen LogP contribution >= 0.6 is 0 Å². The number of carbonyl (C=O) groups is 1. The molecule has 178 valence electrons. The van der Waals surface area contributed by atoms with E-state index in [0.29, 0.717) is 34.9 Å². The molecule has 1 aromatic heterocycles. The monoisotopic (exact) mass is 463 g/mol. The molecule has 0 radical (unpaired) electrons. The molecule has 2 aliphatic carbocycles. The number of carbonyl (C=O) groups excluding carboxylic acids is 1. The van der Waals surface area contributed by atoms with Crippen molar-refractivity contribution in [1.82, 2.24) is 20.2 Å². The molecule has 3 unspecified atom stereocenters. The van der Waals surface area contributed by atoms with E-state index in [1.807, 2.05) is 25.1 Å². The van der Waals surface area contributed by atoms with Crippen molar-refractivity contribution < 1.29 is 22.7 Å². The summed E-state index contributed by atoms with van der Waals surface area (Å²) in [6.45, 7) is -0.618. The molecule has 0 spiro atoms. The van der Waals surface area contributed by atoms with Crippen molar-refractivity contribution in [2.75, 3.05) is 26.0 Å². The van der Waals surface area contributed by atoms with Crippen LogP contribution in [0.3, 0.4) is 0 Å². The highest BCUT2D eigenvalue weighted by Gasteiger charge is 2.27. The molecule has 3 atom stereocenters. The van der Waals surface area contributed by atoms with E-state index >= 15 is 0 Å². The number of fused-ring (bicyclic) bond motifs is 1. The Morgan fingerprint density at radius 1 is 1.30 bits per heavy atom. The molecule has 0 aromatic carbocycles. The van der Waals surface area contributed by atoms with E-state index in [-0.39, 0.29) is 24.2 Å². The summed E-state index contributed by atoms with van der Waals surface area (Å²) in [5.41, 5.74) is 0.617. The number of anilines is 1. The first-order chi connectivity index (χ1) is 15.7. The van der Waals surface area contributed by atoms with Gasteiger partial charge in [-0.3, -0.25) is 4.79 Å². The molecule has 0 saturated carbocycles. The van der Waals surface area contributed by atoms with Gasteiger partial charge in [0.2, 0.25) is 5.91 Å². The number of alkyl halides is 2. The normalized spacial score (nSPS) is 22.4. The van der Waals surface area contributed by atoms with E-state index in [2.05, 4.69) is 20.6 Å². The molecular formula is C23H28F3N5O2. The molecular weight excluding hydrogens is 435 g/mol. The molecule has 2 N–H and O–H groups in total. The molecule has 1 amide bonds. The average Bonchev–Trinajstić information content (AvgIpc) is 2.74. The summed E-state index contributed by atoms with van der Waals surface area (Å²) in [7, 11) is 3.82. The lowest BCUT2D eigenvalue weighted by molar-refractivity contribution is -0.151. The number of nitrogens with zero attached hydrogens (tertiary/aromatic N) is 3. The van der Waals surface area contributed by atoms with Crippen LogP contribution in [-0.4, -0.2) is 66.2 Å². The van der Waals surface area contributed by atoms with Crippen LogP contribution < -0.4 is 21.2 Å². The molecule has 10 heteroatoms. The Morgan fingerprint density at radius 3 is 2.79 bits per heavy atom. The molecule has 7 nitrogen and oxygen atoms in total. The Labute approximate surface area is 190 Å². The average molecular weight is 464 g/mol. The van der Waals surface area contributed by atoms with Crippen molar-refractivity contribution in [2.24, 2.45) is 0 Å². The van der Waals surface area contributed by atoms with Gasteiger partial charge < -0.3 is 20.3 Å². The molecule has 1 heterocycles. The summed E-state index contributed by atoms with van der Waals surface area (Å²) >= 11 is 0. The number of amides is 1. The van der Waals surface area contributed by atoms with Gasteiger partial charge in [-0.2, -0.15) is 8.78 Å². The van der Waals surface area contributed by atoms with Crippen LogP contribution in [0.4, 0.5) is 19.0 Å². The molecule has 1 aromatic rings. The predicted octanol–water partition coefficient (Wildman–Crippen LogP) is 1.64. The zero-order valence-electron chi connectivity index (χ0n) is 18.8. The topological polar surface area (TPSA) is 79.4 Å². The minimum atomic E-state index is -3.02. The number of hydrogen-bond acceptors (Lipinski definition) is 6. The lowest BCUT2D eigenvalue weighted by Crippen LogP contribution is -2.50. The van der Waals surface area contributed by atoms with Crippen molar-refractivity contribution in [3.05, 3.63) is 52.6 Å². The molecule has 0 fully saturated rings. The van der Waals surface area contributed by atoms with Crippen molar-refractivity contribution in [3.8, 4) is 0 Å². The Balaban J connectivity index is 1.83. The van der Waals surface area contributed by atoms with Crippen molar-refractivity contribution in [1.29, 1.82) is 0 Å². The Hall–Kier alpha value is -2.98. The largest absolute Gasteiger partial charge is 0.363 e. The minimum Gasteiger partial charge on any atom is -0.363 e. The van der Waals surface area contributed by atoms with Crippen LogP contribution in [0.15, 0.2) is 42.0 Å². The van der Waals surface area contributed by atoms with E-state index < -0.39 is 18.8 Å². The molecule has 0 bridgehead atoms. The summed E-state index contributed by atoms with van der Waals surface area (Å²) in [5.74, 6) is -0.127. The smallest absolute Gasteiger partial charge is 0.345 e. The summed E-state index contributed by atoms with van der Waals surface area (Å²) < 4.78 is 44.4. The Kier molecular flexibility index (Phi) is 8.40. The van der Waals surface area contributed by atoms with Gasteiger partial charge in [-0.1, -0.05) is 18.2 Å². The zero-order valence-corrected chi connectivity index (χ0v) is 18.8. The second kappa shape index (κ2) is 11.2. The summed E-state index contributed by atoms with van der Waals surface area (Å²) in [6.07, 6.45) is 10.5. The van der Waals surface area contributed by atoms with Gasteiger partial charge in [-0.25, -0.2) is 14.4 Å². The number of aromatic nitrogens is 2. The number of nitrogens with one attached hydrogen (secondary N) is 2. The van der Waals surface area contributed by atoms with E-state index in [0.717, 1.165) is 0 Å². The number of rotatable bonds is 9. The number of halogens is 3. The highest BCUT2D eigenvalue weighted by molar-refractivity contribution is 5.79. The SMILES string of the molecule is CC1=C(F)C=CC(Nc2ncnc3c2=CC(NC(=O)C/C=C/CN(C)C)C(OC(F)F)C=3)C1. The van der Waals surface area contributed by atoms with E-state index in [1.54, 1.807) is 25.2 Å². The van der Waals surface area contributed by atoms with Gasteiger partial charge in [0.05, 0.1) is 17.4 Å². The highest BCUT2D eigenvalue weighted by atomic mass is 19.3. The van der Waals surface area contributed by atoms with Crippen molar-refractivity contribution >= 4 is 23.9 Å². The van der Waals surface area contributed by atoms with Gasteiger partial charge in [0.25, 0.3) is 0 Å². The number of allylic oxidation sites excluding steroid dienone is 2. The standard InChI is InChI=1S/C23H28F3N5O2/c1-14-10-15(7-8-17(14)24)29-22-16-11-19(30-21(32)6-4-5-9-31(2)3)20(33-23(25)26)12-18(16)27-13-28-22/h4-5,7-8,11-13,15,19-20,23H,6,9-10H2,1-3H3,(H,30,32)(H,27,28,29)/b5-4+. The molecule has 0 saturated heterocycles. The third kappa shape index (κ3) is 7.00. The number of ether oxygens (including phenoxy) is 1. The fourth-order valence-corrected chi connectivity index (χ4v) is 3.56. The van der Waals surface area contributed by atoms with Gasteiger partial charge in [0.15, 0.2) is 0 Å². The van der Waals surface area contributed by atoms with E-state index in [9.17, 15) is 18.0 Å².